The minimum absolute atomic E-state index is 0.489. The third-order valence-electron chi connectivity index (χ3n) is 4.19. The molecule has 0 aliphatic carbocycles. The fraction of sp³-hybridized carbons (Fsp3) is 0.600. The van der Waals surface area contributed by atoms with Crippen LogP contribution in [0.15, 0.2) is 21.1 Å². The number of hydrogen-bond donors (Lipinski definition) is 1. The van der Waals surface area contributed by atoms with Crippen LogP contribution >= 0.6 is 31.9 Å². The molecule has 0 bridgehead atoms. The molecule has 3 unspecified atom stereocenters. The van der Waals surface area contributed by atoms with Gasteiger partial charge in [-0.25, -0.2) is 0 Å². The van der Waals surface area contributed by atoms with Crippen LogP contribution in [0.3, 0.4) is 0 Å². The summed E-state index contributed by atoms with van der Waals surface area (Å²) in [7, 11) is 3.90. The third kappa shape index (κ3) is 3.49. The molecule has 1 aliphatic heterocycles. The zero-order valence-corrected chi connectivity index (χ0v) is 15.6. The van der Waals surface area contributed by atoms with Crippen molar-refractivity contribution in [3.8, 4) is 5.75 Å². The normalized spacial score (nSPS) is 27.4. The Morgan fingerprint density at radius 2 is 1.95 bits per heavy atom. The SMILES string of the molecule is COc1cc(NC2CC(C)N(C)CC2C)c(Br)cc1Br. The van der Waals surface area contributed by atoms with Crippen LogP contribution < -0.4 is 10.1 Å². The van der Waals surface area contributed by atoms with Crippen LogP contribution in [0.2, 0.25) is 0 Å². The van der Waals surface area contributed by atoms with E-state index in [-0.39, 0.29) is 0 Å². The van der Waals surface area contributed by atoms with E-state index in [1.54, 1.807) is 7.11 Å². The standard InChI is InChI=1S/C15H22Br2N2O/c1-9-8-19(3)10(2)5-13(9)18-14-7-15(20-4)12(17)6-11(14)16/h6-7,9-10,13,18H,5,8H2,1-4H3. The van der Waals surface area contributed by atoms with Gasteiger partial charge in [0.15, 0.2) is 0 Å². The maximum Gasteiger partial charge on any atom is 0.135 e. The molecule has 0 aromatic heterocycles. The van der Waals surface area contributed by atoms with Crippen molar-refractivity contribution in [3.63, 3.8) is 0 Å². The maximum absolute atomic E-state index is 5.38. The van der Waals surface area contributed by atoms with Gasteiger partial charge >= 0.3 is 0 Å². The van der Waals surface area contributed by atoms with Crippen LogP contribution in [0.1, 0.15) is 20.3 Å². The van der Waals surface area contributed by atoms with E-state index in [1.807, 2.05) is 12.1 Å². The summed E-state index contributed by atoms with van der Waals surface area (Å²) in [5.74, 6) is 1.47. The van der Waals surface area contributed by atoms with Gasteiger partial charge in [0.25, 0.3) is 0 Å². The summed E-state index contributed by atoms with van der Waals surface area (Å²) in [6.07, 6.45) is 1.16. The van der Waals surface area contributed by atoms with Gasteiger partial charge < -0.3 is 15.0 Å². The van der Waals surface area contributed by atoms with Crippen LogP contribution in [0.4, 0.5) is 5.69 Å². The van der Waals surface area contributed by atoms with Gasteiger partial charge in [-0.1, -0.05) is 6.92 Å². The lowest BCUT2D eigenvalue weighted by molar-refractivity contribution is 0.145. The fourth-order valence-electron chi connectivity index (χ4n) is 2.74. The second-order valence-corrected chi connectivity index (χ2v) is 7.43. The van der Waals surface area contributed by atoms with Gasteiger partial charge in [0, 0.05) is 29.2 Å². The van der Waals surface area contributed by atoms with E-state index in [1.165, 1.54) is 0 Å². The number of nitrogens with zero attached hydrogens (tertiary/aromatic N) is 1. The van der Waals surface area contributed by atoms with Gasteiger partial charge in [-0.05, 0) is 64.2 Å². The summed E-state index contributed by atoms with van der Waals surface area (Å²) in [4.78, 5) is 2.43. The highest BCUT2D eigenvalue weighted by molar-refractivity contribution is 9.11. The molecule has 0 saturated carbocycles. The molecule has 1 aromatic rings. The van der Waals surface area contributed by atoms with Gasteiger partial charge in [0.1, 0.15) is 5.75 Å². The first kappa shape index (κ1) is 16.1. The van der Waals surface area contributed by atoms with Crippen LogP contribution in [0.5, 0.6) is 5.75 Å². The van der Waals surface area contributed by atoms with Gasteiger partial charge in [0.2, 0.25) is 0 Å². The van der Waals surface area contributed by atoms with Crippen LogP contribution in [0.25, 0.3) is 0 Å². The zero-order chi connectivity index (χ0) is 14.9. The van der Waals surface area contributed by atoms with Crippen molar-refractivity contribution in [2.24, 2.45) is 5.92 Å². The second-order valence-electron chi connectivity index (χ2n) is 5.72. The smallest absolute Gasteiger partial charge is 0.135 e. The maximum atomic E-state index is 5.38. The highest BCUT2D eigenvalue weighted by atomic mass is 79.9. The Labute approximate surface area is 138 Å². The largest absolute Gasteiger partial charge is 0.495 e. The Morgan fingerprint density at radius 1 is 1.25 bits per heavy atom. The molecule has 1 aromatic carbocycles. The van der Waals surface area contributed by atoms with Crippen molar-refractivity contribution in [2.45, 2.75) is 32.4 Å². The molecule has 3 nitrogen and oxygen atoms in total. The van der Waals surface area contributed by atoms with Crippen LogP contribution in [-0.4, -0.2) is 37.7 Å². The molecule has 1 N–H and O–H groups in total. The average Bonchev–Trinajstić information content (AvgIpc) is 2.38. The lowest BCUT2D eigenvalue weighted by atomic mass is 9.89. The summed E-state index contributed by atoms with van der Waals surface area (Å²) in [6.45, 7) is 5.73. The summed E-state index contributed by atoms with van der Waals surface area (Å²) in [5.41, 5.74) is 1.10. The number of benzene rings is 1. The number of anilines is 1. The molecule has 1 saturated heterocycles. The number of likely N-dealkylation sites (tertiary alicyclic amines) is 1. The number of methoxy groups -OCH3 is 1. The Hall–Kier alpha value is -0.260. The summed E-state index contributed by atoms with van der Waals surface area (Å²) >= 11 is 7.13. The number of piperidine rings is 1. The topological polar surface area (TPSA) is 24.5 Å². The Kier molecular flexibility index (Phi) is 5.37. The lowest BCUT2D eigenvalue weighted by Gasteiger charge is -2.40. The Morgan fingerprint density at radius 3 is 2.60 bits per heavy atom. The number of ether oxygens (including phenoxy) is 1. The third-order valence-corrected chi connectivity index (χ3v) is 5.47. The van der Waals surface area contributed by atoms with Gasteiger partial charge in [-0.3, -0.25) is 0 Å². The monoisotopic (exact) mass is 404 g/mol. The number of hydrogen-bond acceptors (Lipinski definition) is 3. The number of halogens is 2. The molecule has 1 fully saturated rings. The molecule has 0 amide bonds. The van der Waals surface area contributed by atoms with Crippen LogP contribution in [0, 0.1) is 5.92 Å². The fourth-order valence-corrected chi connectivity index (χ4v) is 4.01. The van der Waals surface area contributed by atoms with E-state index in [0.29, 0.717) is 18.0 Å². The van der Waals surface area contributed by atoms with Crippen molar-refractivity contribution in [1.29, 1.82) is 0 Å². The van der Waals surface area contributed by atoms with E-state index in [0.717, 1.165) is 33.3 Å². The molecular formula is C15H22Br2N2O. The lowest BCUT2D eigenvalue weighted by Crippen LogP contribution is -2.48. The zero-order valence-electron chi connectivity index (χ0n) is 12.4. The first-order valence-electron chi connectivity index (χ1n) is 6.92. The average molecular weight is 406 g/mol. The Balaban J connectivity index is 2.17. The van der Waals surface area contributed by atoms with Gasteiger partial charge in [-0.15, -0.1) is 0 Å². The minimum Gasteiger partial charge on any atom is -0.495 e. The highest BCUT2D eigenvalue weighted by Crippen LogP contribution is 2.36. The van der Waals surface area contributed by atoms with E-state index < -0.39 is 0 Å². The Bertz CT molecular complexity index is 481. The first-order valence-corrected chi connectivity index (χ1v) is 8.50. The highest BCUT2D eigenvalue weighted by Gasteiger charge is 2.29. The molecule has 2 rings (SSSR count). The molecule has 20 heavy (non-hydrogen) atoms. The molecule has 1 heterocycles. The van der Waals surface area contributed by atoms with Gasteiger partial charge in [0.05, 0.1) is 17.3 Å². The quantitative estimate of drug-likeness (QED) is 0.808. The van der Waals surface area contributed by atoms with E-state index in [4.69, 9.17) is 4.74 Å². The second kappa shape index (κ2) is 6.67. The molecule has 5 heteroatoms. The summed E-state index contributed by atoms with van der Waals surface area (Å²) in [5, 5.41) is 3.68. The molecule has 1 aliphatic rings. The van der Waals surface area contributed by atoms with E-state index in [9.17, 15) is 0 Å². The first-order chi connectivity index (χ1) is 9.42. The number of nitrogens with one attached hydrogen (secondary N) is 1. The van der Waals surface area contributed by atoms with Crippen molar-refractivity contribution in [2.75, 3.05) is 26.0 Å². The summed E-state index contributed by atoms with van der Waals surface area (Å²) < 4.78 is 7.40. The van der Waals surface area contributed by atoms with Crippen LogP contribution in [-0.2, 0) is 0 Å². The molecule has 0 spiro atoms. The number of rotatable bonds is 3. The minimum atomic E-state index is 0.489. The van der Waals surface area contributed by atoms with Crippen molar-refractivity contribution in [3.05, 3.63) is 21.1 Å². The predicted molar refractivity (Wildman–Crippen MR) is 91.7 cm³/mol. The summed E-state index contributed by atoms with van der Waals surface area (Å²) in [6, 6.07) is 5.18. The molecule has 3 atom stereocenters. The molecular weight excluding hydrogens is 384 g/mol. The molecule has 112 valence electrons. The molecule has 0 radical (unpaired) electrons. The van der Waals surface area contributed by atoms with Gasteiger partial charge in [-0.2, -0.15) is 0 Å². The van der Waals surface area contributed by atoms with E-state index >= 15 is 0 Å². The van der Waals surface area contributed by atoms with E-state index in [2.05, 4.69) is 63.0 Å². The van der Waals surface area contributed by atoms with Crippen molar-refractivity contribution < 1.29 is 4.74 Å². The van der Waals surface area contributed by atoms with Crippen molar-refractivity contribution in [1.82, 2.24) is 4.90 Å². The predicted octanol–water partition coefficient (Wildman–Crippen LogP) is 4.36. The van der Waals surface area contributed by atoms with Crippen molar-refractivity contribution >= 4 is 37.5 Å².